The Morgan fingerprint density at radius 3 is 3.05 bits per heavy atom. The van der Waals surface area contributed by atoms with Gasteiger partial charge in [0.2, 0.25) is 0 Å². The van der Waals surface area contributed by atoms with Gasteiger partial charge in [-0.3, -0.25) is 4.79 Å². The quantitative estimate of drug-likeness (QED) is 0.794. The minimum Gasteiger partial charge on any atom is -0.480 e. The summed E-state index contributed by atoms with van der Waals surface area (Å²) in [6.45, 7) is 0.589. The second-order valence-corrected chi connectivity index (χ2v) is 7.34. The van der Waals surface area contributed by atoms with Gasteiger partial charge in [-0.1, -0.05) is 11.6 Å². The van der Waals surface area contributed by atoms with Crippen molar-refractivity contribution in [3.8, 4) is 5.75 Å². The zero-order valence-electron chi connectivity index (χ0n) is 11.3. The first-order chi connectivity index (χ1) is 10.0. The Bertz CT molecular complexity index is 688. The van der Waals surface area contributed by atoms with Crippen molar-refractivity contribution in [1.29, 1.82) is 0 Å². The molecule has 1 atom stereocenters. The summed E-state index contributed by atoms with van der Waals surface area (Å²) >= 11 is 11.0. The van der Waals surface area contributed by atoms with Crippen molar-refractivity contribution in [2.75, 3.05) is 7.05 Å². The fourth-order valence-corrected chi connectivity index (χ4v) is 4.05. The number of likely N-dealkylation sites (N-methyl/N-ethyl adjacent to an activating group) is 1. The molecule has 21 heavy (non-hydrogen) atoms. The molecule has 1 aromatic carbocycles. The predicted molar refractivity (Wildman–Crippen MR) is 88.1 cm³/mol. The summed E-state index contributed by atoms with van der Waals surface area (Å²) < 4.78 is 6.78. The van der Waals surface area contributed by atoms with Crippen molar-refractivity contribution in [2.24, 2.45) is 0 Å². The number of amides is 1. The molecule has 0 saturated carbocycles. The van der Waals surface area contributed by atoms with Crippen LogP contribution in [0.3, 0.4) is 0 Å². The second-order valence-electron chi connectivity index (χ2n) is 4.99. The van der Waals surface area contributed by atoms with Crippen LogP contribution >= 0.6 is 38.9 Å². The van der Waals surface area contributed by atoms with Crippen LogP contribution in [0, 0.1) is 0 Å². The average molecular weight is 387 g/mol. The molecule has 3 nitrogen and oxygen atoms in total. The number of hydrogen-bond donors (Lipinski definition) is 0. The third-order valence-corrected chi connectivity index (χ3v) is 5.28. The lowest BCUT2D eigenvalue weighted by atomic mass is 10.1. The van der Waals surface area contributed by atoms with Gasteiger partial charge in [0, 0.05) is 33.2 Å². The minimum atomic E-state index is -0.452. The van der Waals surface area contributed by atoms with E-state index in [1.807, 2.05) is 23.6 Å². The Morgan fingerprint density at radius 1 is 1.52 bits per heavy atom. The first kappa shape index (κ1) is 14.9. The van der Waals surface area contributed by atoms with Crippen LogP contribution in [0.4, 0.5) is 0 Å². The smallest absolute Gasteiger partial charge is 0.264 e. The number of ether oxygens (including phenoxy) is 1. The fourth-order valence-electron chi connectivity index (χ4n) is 2.35. The topological polar surface area (TPSA) is 29.5 Å². The molecule has 0 saturated heterocycles. The Kier molecular flexibility index (Phi) is 4.24. The van der Waals surface area contributed by atoms with Gasteiger partial charge in [-0.15, -0.1) is 11.3 Å². The maximum absolute atomic E-state index is 12.5. The van der Waals surface area contributed by atoms with E-state index in [2.05, 4.69) is 15.9 Å². The van der Waals surface area contributed by atoms with E-state index in [0.29, 0.717) is 18.0 Å². The van der Waals surface area contributed by atoms with E-state index in [4.69, 9.17) is 16.3 Å². The molecule has 2 heterocycles. The lowest BCUT2D eigenvalue weighted by Gasteiger charge is -2.20. The molecule has 0 unspecified atom stereocenters. The SMILES string of the molecule is CN(Cc1cc(Br)cs1)C(=O)[C@@H]1Cc2cc(Cl)ccc2O1. The number of rotatable bonds is 3. The molecule has 0 fully saturated rings. The number of thiophene rings is 1. The average Bonchev–Trinajstić information content (AvgIpc) is 3.03. The van der Waals surface area contributed by atoms with Crippen LogP contribution in [0.2, 0.25) is 5.02 Å². The van der Waals surface area contributed by atoms with Crippen molar-refractivity contribution in [2.45, 2.75) is 19.1 Å². The Labute approximate surface area is 140 Å². The zero-order chi connectivity index (χ0) is 15.0. The van der Waals surface area contributed by atoms with Crippen molar-refractivity contribution < 1.29 is 9.53 Å². The Morgan fingerprint density at radius 2 is 2.33 bits per heavy atom. The molecule has 0 spiro atoms. The summed E-state index contributed by atoms with van der Waals surface area (Å²) in [5.41, 5.74) is 0.994. The lowest BCUT2D eigenvalue weighted by molar-refractivity contribution is -0.137. The summed E-state index contributed by atoms with van der Waals surface area (Å²) in [5.74, 6) is 0.747. The van der Waals surface area contributed by atoms with Crippen LogP contribution in [-0.4, -0.2) is 24.0 Å². The number of fused-ring (bicyclic) bond motifs is 1. The van der Waals surface area contributed by atoms with Crippen molar-refractivity contribution >= 4 is 44.8 Å². The van der Waals surface area contributed by atoms with Crippen LogP contribution < -0.4 is 4.74 Å². The molecule has 1 aromatic heterocycles. The molecule has 0 radical (unpaired) electrons. The Hall–Kier alpha value is -1.04. The number of carbonyl (C=O) groups excluding carboxylic acids is 1. The third kappa shape index (κ3) is 3.25. The molecule has 0 aliphatic carbocycles. The van der Waals surface area contributed by atoms with E-state index in [1.54, 1.807) is 29.4 Å². The van der Waals surface area contributed by atoms with E-state index in [1.165, 1.54) is 0 Å². The molecule has 3 rings (SSSR count). The highest BCUT2D eigenvalue weighted by molar-refractivity contribution is 9.10. The van der Waals surface area contributed by atoms with E-state index in [-0.39, 0.29) is 5.91 Å². The highest BCUT2D eigenvalue weighted by atomic mass is 79.9. The van der Waals surface area contributed by atoms with Gasteiger partial charge in [0.1, 0.15) is 5.75 Å². The molecule has 6 heteroatoms. The lowest BCUT2D eigenvalue weighted by Crippen LogP contribution is -2.38. The largest absolute Gasteiger partial charge is 0.480 e. The number of hydrogen-bond acceptors (Lipinski definition) is 3. The first-order valence-corrected chi connectivity index (χ1v) is 8.51. The molecule has 0 bridgehead atoms. The van der Waals surface area contributed by atoms with Gasteiger partial charge in [0.15, 0.2) is 6.10 Å². The van der Waals surface area contributed by atoms with Gasteiger partial charge in [-0.05, 0) is 45.8 Å². The van der Waals surface area contributed by atoms with Crippen LogP contribution in [0.15, 0.2) is 34.1 Å². The number of carbonyl (C=O) groups is 1. The van der Waals surface area contributed by atoms with E-state index in [9.17, 15) is 4.79 Å². The Balaban J connectivity index is 1.66. The minimum absolute atomic E-state index is 0.00755. The van der Waals surface area contributed by atoms with Crippen molar-refractivity contribution in [1.82, 2.24) is 4.90 Å². The number of nitrogens with zero attached hydrogens (tertiary/aromatic N) is 1. The highest BCUT2D eigenvalue weighted by Crippen LogP contribution is 2.32. The molecule has 2 aromatic rings. The van der Waals surface area contributed by atoms with Crippen LogP contribution in [0.5, 0.6) is 5.75 Å². The molecule has 1 aliphatic heterocycles. The summed E-state index contributed by atoms with van der Waals surface area (Å²) in [5, 5.41) is 2.68. The standard InChI is InChI=1S/C15H13BrClNO2S/c1-18(7-12-6-10(16)8-21-12)15(19)14-5-9-4-11(17)2-3-13(9)20-14/h2-4,6,8,14H,5,7H2,1H3/t14-/m0/s1. The second kappa shape index (κ2) is 5.99. The van der Waals surface area contributed by atoms with Crippen LogP contribution in [0.1, 0.15) is 10.4 Å². The highest BCUT2D eigenvalue weighted by Gasteiger charge is 2.31. The zero-order valence-corrected chi connectivity index (χ0v) is 14.5. The molecule has 0 N–H and O–H groups in total. The fraction of sp³-hybridized carbons (Fsp3) is 0.267. The summed E-state index contributed by atoms with van der Waals surface area (Å²) in [7, 11) is 1.80. The molecule has 110 valence electrons. The van der Waals surface area contributed by atoms with Crippen molar-refractivity contribution in [3.05, 3.63) is 49.6 Å². The van der Waals surface area contributed by atoms with Gasteiger partial charge in [-0.25, -0.2) is 0 Å². The monoisotopic (exact) mass is 385 g/mol. The molecule has 1 amide bonds. The number of benzene rings is 1. The summed E-state index contributed by atoms with van der Waals surface area (Å²) in [6, 6.07) is 7.49. The normalized spacial score (nSPS) is 16.4. The van der Waals surface area contributed by atoms with Crippen LogP contribution in [-0.2, 0) is 17.8 Å². The molecule has 1 aliphatic rings. The van der Waals surface area contributed by atoms with Gasteiger partial charge in [0.05, 0.1) is 6.54 Å². The van der Waals surface area contributed by atoms with Gasteiger partial charge < -0.3 is 9.64 Å². The molecular formula is C15H13BrClNO2S. The predicted octanol–water partition coefficient (Wildman–Crippen LogP) is 4.13. The van der Waals surface area contributed by atoms with E-state index >= 15 is 0 Å². The molecular weight excluding hydrogens is 374 g/mol. The summed E-state index contributed by atoms with van der Waals surface area (Å²) in [6.07, 6.45) is 0.125. The maximum Gasteiger partial charge on any atom is 0.264 e. The van der Waals surface area contributed by atoms with E-state index < -0.39 is 6.10 Å². The van der Waals surface area contributed by atoms with Crippen molar-refractivity contribution in [3.63, 3.8) is 0 Å². The van der Waals surface area contributed by atoms with Gasteiger partial charge >= 0.3 is 0 Å². The third-order valence-electron chi connectivity index (χ3n) is 3.36. The van der Waals surface area contributed by atoms with E-state index in [0.717, 1.165) is 20.7 Å². The van der Waals surface area contributed by atoms with Gasteiger partial charge in [0.25, 0.3) is 5.91 Å². The van der Waals surface area contributed by atoms with Crippen LogP contribution in [0.25, 0.3) is 0 Å². The maximum atomic E-state index is 12.5. The first-order valence-electron chi connectivity index (χ1n) is 6.46. The number of halogens is 2. The summed E-state index contributed by atoms with van der Waals surface area (Å²) in [4.78, 5) is 15.3. The van der Waals surface area contributed by atoms with Gasteiger partial charge in [-0.2, -0.15) is 0 Å².